The number of alkyl halides is 3. The molecule has 176 valence electrons. The monoisotopic (exact) mass is 468 g/mol. The van der Waals surface area contributed by atoms with Crippen molar-refractivity contribution in [3.63, 3.8) is 0 Å². The molecule has 4 aromatic heterocycles. The van der Waals surface area contributed by atoms with Crippen molar-refractivity contribution < 1.29 is 17.9 Å². The quantitative estimate of drug-likeness (QED) is 0.424. The summed E-state index contributed by atoms with van der Waals surface area (Å²) in [7, 11) is 0. The summed E-state index contributed by atoms with van der Waals surface area (Å²) in [5.41, 5.74) is 2.96. The normalized spacial score (nSPS) is 14.0. The summed E-state index contributed by atoms with van der Waals surface area (Å²) < 4.78 is 43.8. The summed E-state index contributed by atoms with van der Waals surface area (Å²) >= 11 is 0. The molecule has 0 aromatic carbocycles. The van der Waals surface area contributed by atoms with Gasteiger partial charge in [0, 0.05) is 49.0 Å². The number of morpholine rings is 1. The van der Waals surface area contributed by atoms with Gasteiger partial charge in [0.25, 0.3) is 0 Å². The van der Waals surface area contributed by atoms with E-state index in [1.165, 1.54) is 12.3 Å². The Morgan fingerprint density at radius 3 is 2.26 bits per heavy atom. The number of rotatable bonds is 2. The lowest BCUT2D eigenvalue weighted by Gasteiger charge is -2.28. The Morgan fingerprint density at radius 1 is 0.882 bits per heavy atom. The number of hydrogen-bond acceptors (Lipinski definition) is 7. The molecule has 5 rings (SSSR count). The van der Waals surface area contributed by atoms with Gasteiger partial charge in [-0.2, -0.15) is 13.2 Å². The first kappa shape index (κ1) is 23.5. The zero-order valence-electron chi connectivity index (χ0n) is 18.8. The molecule has 5 heterocycles. The fraction of sp³-hybridized carbons (Fsp3) is 0.292. The summed E-state index contributed by atoms with van der Waals surface area (Å²) in [5.74, 6) is 0.695. The summed E-state index contributed by atoms with van der Waals surface area (Å²) in [5, 5.41) is 0. The second kappa shape index (κ2) is 10.1. The molecular weight excluding hydrogens is 445 g/mol. The summed E-state index contributed by atoms with van der Waals surface area (Å²) in [6.45, 7) is 6.36. The molecule has 34 heavy (non-hydrogen) atoms. The molecule has 7 nitrogen and oxygen atoms in total. The van der Waals surface area contributed by atoms with E-state index >= 15 is 0 Å². The Bertz CT molecular complexity index is 1240. The van der Waals surface area contributed by atoms with E-state index in [0.29, 0.717) is 54.4 Å². The van der Waals surface area contributed by atoms with E-state index in [1.807, 2.05) is 38.1 Å². The van der Waals surface area contributed by atoms with Crippen molar-refractivity contribution in [2.24, 2.45) is 0 Å². The maximum atomic E-state index is 12.8. The van der Waals surface area contributed by atoms with Crippen LogP contribution in [-0.4, -0.2) is 51.2 Å². The van der Waals surface area contributed by atoms with Crippen LogP contribution in [0.3, 0.4) is 0 Å². The first-order chi connectivity index (χ1) is 16.3. The van der Waals surface area contributed by atoms with E-state index in [9.17, 15) is 13.2 Å². The third kappa shape index (κ3) is 5.63. The van der Waals surface area contributed by atoms with E-state index in [4.69, 9.17) is 4.74 Å². The first-order valence-corrected chi connectivity index (χ1v) is 10.7. The van der Waals surface area contributed by atoms with Crippen LogP contribution in [-0.2, 0) is 10.9 Å². The van der Waals surface area contributed by atoms with Crippen molar-refractivity contribution in [1.82, 2.24) is 24.9 Å². The highest BCUT2D eigenvalue weighted by atomic mass is 19.4. The Balaban J connectivity index is 0.000000336. The molecule has 0 saturated carbocycles. The largest absolute Gasteiger partial charge is 0.433 e. The molecule has 0 bridgehead atoms. The Labute approximate surface area is 194 Å². The average Bonchev–Trinajstić information content (AvgIpc) is 2.84. The molecule has 0 N–H and O–H groups in total. The number of aromatic nitrogens is 5. The van der Waals surface area contributed by atoms with Gasteiger partial charge >= 0.3 is 6.18 Å². The van der Waals surface area contributed by atoms with Gasteiger partial charge in [0.1, 0.15) is 22.7 Å². The molecule has 1 fully saturated rings. The Hall–Kier alpha value is -3.66. The highest BCUT2D eigenvalue weighted by Gasteiger charge is 2.32. The average molecular weight is 468 g/mol. The van der Waals surface area contributed by atoms with Crippen molar-refractivity contribution in [2.75, 3.05) is 31.2 Å². The van der Waals surface area contributed by atoms with Gasteiger partial charge in [0.2, 0.25) is 0 Å². The number of fused-ring (bicyclic) bond motifs is 1. The number of halogens is 3. The van der Waals surface area contributed by atoms with Crippen LogP contribution in [0.15, 0.2) is 55.0 Å². The molecule has 1 aliphatic rings. The van der Waals surface area contributed by atoms with Crippen LogP contribution >= 0.6 is 0 Å². The number of anilines is 1. The van der Waals surface area contributed by atoms with Crippen LogP contribution in [0, 0.1) is 13.8 Å². The molecule has 0 atom stereocenters. The molecule has 10 heteroatoms. The van der Waals surface area contributed by atoms with Gasteiger partial charge < -0.3 is 9.64 Å². The lowest BCUT2D eigenvalue weighted by atomic mass is 10.1. The van der Waals surface area contributed by atoms with E-state index in [2.05, 4.69) is 29.8 Å². The third-order valence-electron chi connectivity index (χ3n) is 5.11. The lowest BCUT2D eigenvalue weighted by molar-refractivity contribution is -0.141. The number of hydrogen-bond donors (Lipinski definition) is 0. The van der Waals surface area contributed by atoms with Gasteiger partial charge in [0.05, 0.1) is 24.4 Å². The van der Waals surface area contributed by atoms with Crippen molar-refractivity contribution in [2.45, 2.75) is 20.0 Å². The van der Waals surface area contributed by atoms with Gasteiger partial charge in [-0.25, -0.2) is 9.97 Å². The van der Waals surface area contributed by atoms with Crippen molar-refractivity contribution in [3.05, 3.63) is 72.1 Å². The van der Waals surface area contributed by atoms with E-state index in [0.717, 1.165) is 17.5 Å². The van der Waals surface area contributed by atoms with Crippen LogP contribution < -0.4 is 4.90 Å². The molecule has 0 radical (unpaired) electrons. The van der Waals surface area contributed by atoms with Crippen LogP contribution in [0.1, 0.15) is 17.1 Å². The summed E-state index contributed by atoms with van der Waals surface area (Å²) in [4.78, 5) is 23.2. The first-order valence-electron chi connectivity index (χ1n) is 10.7. The maximum absolute atomic E-state index is 12.8. The lowest BCUT2D eigenvalue weighted by Crippen LogP contribution is -2.36. The minimum Gasteiger partial charge on any atom is -0.378 e. The third-order valence-corrected chi connectivity index (χ3v) is 5.11. The highest BCUT2D eigenvalue weighted by Crippen LogP contribution is 2.31. The molecule has 0 amide bonds. The molecule has 4 aromatic rings. The summed E-state index contributed by atoms with van der Waals surface area (Å²) in [6.07, 6.45) is 0.0879. The van der Waals surface area contributed by atoms with Gasteiger partial charge in [-0.3, -0.25) is 15.0 Å². The number of aryl methyl sites for hydroxylation is 2. The number of nitrogens with zero attached hydrogens (tertiary/aromatic N) is 6. The standard InChI is InChI=1S/C18H16F3N5O.C6H7N/c1-11-9-23-17-13(24-11)8-15(26-4-6-27-7-5-26)25-16(17)12-2-3-14(22-10-12)18(19,20)21;1-6-4-2-3-5-7-6/h2-3,8-10H,4-7H2,1H3;2-5H,1H3. The van der Waals surface area contributed by atoms with E-state index in [1.54, 1.807) is 12.4 Å². The van der Waals surface area contributed by atoms with E-state index < -0.39 is 11.9 Å². The van der Waals surface area contributed by atoms with E-state index in [-0.39, 0.29) is 0 Å². The molecule has 1 aliphatic heterocycles. The number of pyridine rings is 3. The number of ether oxygens (including phenoxy) is 1. The molecule has 0 unspecified atom stereocenters. The fourth-order valence-electron chi connectivity index (χ4n) is 3.41. The molecule has 0 spiro atoms. The van der Waals surface area contributed by atoms with Gasteiger partial charge in [-0.15, -0.1) is 0 Å². The minimum absolute atomic E-state index is 0.460. The molecular formula is C24H23F3N6O. The maximum Gasteiger partial charge on any atom is 0.433 e. The smallest absolute Gasteiger partial charge is 0.378 e. The van der Waals surface area contributed by atoms with Crippen LogP contribution in [0.25, 0.3) is 22.3 Å². The Kier molecular flexibility index (Phi) is 6.97. The van der Waals surface area contributed by atoms with Gasteiger partial charge in [-0.1, -0.05) is 6.07 Å². The summed E-state index contributed by atoms with van der Waals surface area (Å²) in [6, 6.07) is 10.0. The zero-order chi connectivity index (χ0) is 24.1. The van der Waals surface area contributed by atoms with Gasteiger partial charge in [0.15, 0.2) is 0 Å². The van der Waals surface area contributed by atoms with Crippen LogP contribution in [0.4, 0.5) is 19.0 Å². The molecule has 1 saturated heterocycles. The molecule has 0 aliphatic carbocycles. The predicted molar refractivity (Wildman–Crippen MR) is 122 cm³/mol. The zero-order valence-corrected chi connectivity index (χ0v) is 18.8. The van der Waals surface area contributed by atoms with Crippen molar-refractivity contribution >= 4 is 16.9 Å². The van der Waals surface area contributed by atoms with Gasteiger partial charge in [-0.05, 0) is 38.1 Å². The topological polar surface area (TPSA) is 76.9 Å². The predicted octanol–water partition coefficient (Wildman–Crippen LogP) is 4.64. The second-order valence-corrected chi connectivity index (χ2v) is 7.71. The van der Waals surface area contributed by atoms with Crippen molar-refractivity contribution in [3.8, 4) is 11.3 Å². The van der Waals surface area contributed by atoms with Crippen LogP contribution in [0.5, 0.6) is 0 Å². The second-order valence-electron chi connectivity index (χ2n) is 7.71. The van der Waals surface area contributed by atoms with Crippen LogP contribution in [0.2, 0.25) is 0 Å². The highest BCUT2D eigenvalue weighted by molar-refractivity contribution is 5.90. The van der Waals surface area contributed by atoms with Crippen molar-refractivity contribution in [1.29, 1.82) is 0 Å². The minimum atomic E-state index is -4.49. The SMILES string of the molecule is Cc1ccccn1.Cc1cnc2c(-c3ccc(C(F)(F)F)nc3)nc(N3CCOCC3)cc2n1. The Morgan fingerprint density at radius 2 is 1.68 bits per heavy atom. The fourth-order valence-corrected chi connectivity index (χ4v) is 3.41.